The normalized spacial score (nSPS) is 12.9. The van der Waals surface area contributed by atoms with Gasteiger partial charge in [-0.05, 0) is 109 Å². The molecular weight excluding hydrogens is 573 g/mol. The summed E-state index contributed by atoms with van der Waals surface area (Å²) in [6.07, 6.45) is 1.02. The van der Waals surface area contributed by atoms with Crippen LogP contribution in [-0.4, -0.2) is 0 Å². The smallest absolute Gasteiger partial charge is 0.0434 e. The van der Waals surface area contributed by atoms with E-state index < -0.39 is 0 Å². The van der Waals surface area contributed by atoms with Gasteiger partial charge < -0.3 is 0 Å². The van der Waals surface area contributed by atoms with E-state index in [-0.39, 0.29) is 10.8 Å². The second kappa shape index (κ2) is 10.5. The Morgan fingerprint density at radius 1 is 0.435 bits per heavy atom. The third kappa shape index (κ3) is 4.99. The Labute approximate surface area is 277 Å². The average molecular weight is 613 g/mol. The minimum Gasteiger partial charge on any atom is -0.135 e. The summed E-state index contributed by atoms with van der Waals surface area (Å²) in [4.78, 5) is 0. The predicted molar refractivity (Wildman–Crippen MR) is 201 cm³/mol. The fourth-order valence-electron chi connectivity index (χ4n) is 7.06. The Morgan fingerprint density at radius 3 is 1.65 bits per heavy atom. The third-order valence-electron chi connectivity index (χ3n) is 9.85. The van der Waals surface area contributed by atoms with Crippen molar-refractivity contribution < 1.29 is 0 Å². The minimum atomic E-state index is 0.124. The van der Waals surface area contributed by atoms with E-state index in [4.69, 9.17) is 0 Å². The molecule has 0 atom stereocenters. The van der Waals surface area contributed by atoms with Crippen molar-refractivity contribution in [2.75, 3.05) is 0 Å². The molecule has 0 spiro atoms. The molecule has 1 aliphatic rings. The van der Waals surface area contributed by atoms with E-state index in [1.807, 2.05) is 11.3 Å². The number of fused-ring (bicyclic) bond motifs is 6. The first-order chi connectivity index (χ1) is 22.0. The van der Waals surface area contributed by atoms with Crippen molar-refractivity contribution in [1.29, 1.82) is 0 Å². The van der Waals surface area contributed by atoms with Crippen molar-refractivity contribution in [3.8, 4) is 44.5 Å². The largest absolute Gasteiger partial charge is 0.135 e. The number of hydrogen-bond donors (Lipinski definition) is 0. The summed E-state index contributed by atoms with van der Waals surface area (Å²) in [5.74, 6) is 0. The number of hydrogen-bond acceptors (Lipinski definition) is 1. The fraction of sp³-hybridized carbons (Fsp3) is 0.200. The Balaban J connectivity index is 1.33. The minimum absolute atomic E-state index is 0.124. The van der Waals surface area contributed by atoms with Gasteiger partial charge in [0, 0.05) is 25.7 Å². The number of benzene rings is 6. The molecule has 0 saturated carbocycles. The molecule has 0 fully saturated rings. The van der Waals surface area contributed by atoms with Gasteiger partial charge in [-0.2, -0.15) is 0 Å². The Kier molecular flexibility index (Phi) is 6.64. The zero-order valence-corrected chi connectivity index (χ0v) is 28.5. The van der Waals surface area contributed by atoms with Crippen molar-refractivity contribution in [2.24, 2.45) is 0 Å². The zero-order chi connectivity index (χ0) is 31.8. The van der Waals surface area contributed by atoms with Gasteiger partial charge in [-0.1, -0.05) is 133 Å². The predicted octanol–water partition coefficient (Wildman–Crippen LogP) is 13.2. The highest BCUT2D eigenvalue weighted by Crippen LogP contribution is 2.46. The molecule has 8 rings (SSSR count). The van der Waals surface area contributed by atoms with Crippen LogP contribution >= 0.6 is 11.3 Å². The van der Waals surface area contributed by atoms with E-state index in [9.17, 15) is 0 Å². The van der Waals surface area contributed by atoms with Crippen molar-refractivity contribution >= 4 is 31.5 Å². The molecule has 1 aromatic heterocycles. The summed E-state index contributed by atoms with van der Waals surface area (Å²) < 4.78 is 2.69. The summed E-state index contributed by atoms with van der Waals surface area (Å²) in [7, 11) is 0. The molecule has 0 aliphatic heterocycles. The Morgan fingerprint density at radius 2 is 0.978 bits per heavy atom. The van der Waals surface area contributed by atoms with Gasteiger partial charge in [0.05, 0.1) is 0 Å². The van der Waals surface area contributed by atoms with E-state index in [0.717, 1.165) is 6.42 Å². The maximum Gasteiger partial charge on any atom is 0.0434 e. The van der Waals surface area contributed by atoms with Crippen molar-refractivity contribution in [2.45, 2.75) is 58.8 Å². The summed E-state index contributed by atoms with van der Waals surface area (Å²) in [6, 6.07) is 46.3. The maximum absolute atomic E-state index is 2.44. The highest BCUT2D eigenvalue weighted by molar-refractivity contribution is 7.26. The highest BCUT2D eigenvalue weighted by atomic mass is 32.1. The number of rotatable bonds is 3. The zero-order valence-electron chi connectivity index (χ0n) is 27.7. The molecule has 0 unspecified atom stereocenters. The van der Waals surface area contributed by atoms with E-state index in [0.29, 0.717) is 0 Å². The lowest BCUT2D eigenvalue weighted by atomic mass is 9.86. The standard InChI is InChI=1S/C45H40S/c1-44(2,3)35-18-13-28(14-19-35)30-17-22-42-40(24-30)41-27-34(29-15-20-36(21-16-29)45(4,5)6)26-39(43(41)46-42)33-12-11-32-23-31-9-7-8-10-37(31)38(32)25-33/h7-22,24-27H,23H2,1-6H3. The third-order valence-corrected chi connectivity index (χ3v) is 11.1. The number of thiophene rings is 1. The van der Waals surface area contributed by atoms with Crippen LogP contribution in [-0.2, 0) is 17.3 Å². The van der Waals surface area contributed by atoms with Crippen LogP contribution < -0.4 is 0 Å². The van der Waals surface area contributed by atoms with Crippen LogP contribution in [0.4, 0.5) is 0 Å². The molecule has 0 radical (unpaired) electrons. The SMILES string of the molecule is CC(C)(C)c1ccc(-c2ccc3sc4c(-c5ccc6c(c5)-c5ccccc5C6)cc(-c5ccc(C(C)(C)C)cc5)cc4c3c2)cc1. The van der Waals surface area contributed by atoms with Crippen molar-refractivity contribution in [3.63, 3.8) is 0 Å². The van der Waals surface area contributed by atoms with Crippen LogP contribution in [0.1, 0.15) is 63.8 Å². The molecule has 46 heavy (non-hydrogen) atoms. The lowest BCUT2D eigenvalue weighted by Crippen LogP contribution is -2.10. The quantitative estimate of drug-likeness (QED) is 0.186. The molecule has 6 aromatic carbocycles. The van der Waals surface area contributed by atoms with Crippen LogP contribution in [0.15, 0.2) is 121 Å². The van der Waals surface area contributed by atoms with Gasteiger partial charge >= 0.3 is 0 Å². The Hall–Kier alpha value is -4.46. The van der Waals surface area contributed by atoms with Crippen LogP contribution in [0.2, 0.25) is 0 Å². The van der Waals surface area contributed by atoms with Crippen LogP contribution in [0.5, 0.6) is 0 Å². The molecule has 0 nitrogen and oxygen atoms in total. The maximum atomic E-state index is 2.44. The molecule has 0 N–H and O–H groups in total. The van der Waals surface area contributed by atoms with Gasteiger partial charge in [0.2, 0.25) is 0 Å². The highest BCUT2D eigenvalue weighted by Gasteiger charge is 2.21. The summed E-state index contributed by atoms with van der Waals surface area (Å²) in [5, 5.41) is 2.67. The lowest BCUT2D eigenvalue weighted by Gasteiger charge is -2.19. The van der Waals surface area contributed by atoms with Gasteiger partial charge in [-0.25, -0.2) is 0 Å². The second-order valence-electron chi connectivity index (χ2n) is 15.1. The van der Waals surface area contributed by atoms with Crippen LogP contribution in [0, 0.1) is 0 Å². The van der Waals surface area contributed by atoms with Crippen LogP contribution in [0.3, 0.4) is 0 Å². The summed E-state index contributed by atoms with van der Waals surface area (Å²) in [5.41, 5.74) is 16.3. The molecule has 0 saturated heterocycles. The molecule has 1 heterocycles. The summed E-state index contributed by atoms with van der Waals surface area (Å²) >= 11 is 1.92. The van der Waals surface area contributed by atoms with E-state index >= 15 is 0 Å². The van der Waals surface area contributed by atoms with Gasteiger partial charge in [0.1, 0.15) is 0 Å². The van der Waals surface area contributed by atoms with E-state index in [1.165, 1.54) is 86.9 Å². The van der Waals surface area contributed by atoms with Gasteiger partial charge in [0.15, 0.2) is 0 Å². The van der Waals surface area contributed by atoms with E-state index in [2.05, 4.69) is 163 Å². The monoisotopic (exact) mass is 612 g/mol. The second-order valence-corrected chi connectivity index (χ2v) is 16.1. The first kappa shape index (κ1) is 29.0. The topological polar surface area (TPSA) is 0 Å². The lowest BCUT2D eigenvalue weighted by molar-refractivity contribution is 0.590. The fourth-order valence-corrected chi connectivity index (χ4v) is 8.26. The van der Waals surface area contributed by atoms with Crippen LogP contribution in [0.25, 0.3) is 64.7 Å². The van der Waals surface area contributed by atoms with Gasteiger partial charge in [-0.15, -0.1) is 11.3 Å². The Bertz CT molecular complexity index is 2260. The average Bonchev–Trinajstić information content (AvgIpc) is 3.61. The molecule has 7 aromatic rings. The molecule has 0 amide bonds. The molecule has 1 aliphatic carbocycles. The van der Waals surface area contributed by atoms with Gasteiger partial charge in [0.25, 0.3) is 0 Å². The molecular formula is C45H40S. The van der Waals surface area contributed by atoms with Crippen molar-refractivity contribution in [1.82, 2.24) is 0 Å². The molecule has 1 heteroatoms. The first-order valence-corrected chi connectivity index (χ1v) is 17.3. The molecule has 226 valence electrons. The van der Waals surface area contributed by atoms with Crippen molar-refractivity contribution in [3.05, 3.63) is 144 Å². The first-order valence-electron chi connectivity index (χ1n) is 16.5. The van der Waals surface area contributed by atoms with Gasteiger partial charge in [-0.3, -0.25) is 0 Å². The summed E-state index contributed by atoms with van der Waals surface area (Å²) in [6.45, 7) is 13.7. The molecule has 0 bridgehead atoms. The van der Waals surface area contributed by atoms with E-state index in [1.54, 1.807) is 0 Å².